The molecule has 0 amide bonds. The largest absolute Gasteiger partial charge is 0.365 e. The summed E-state index contributed by atoms with van der Waals surface area (Å²) in [6.45, 7) is 6.44. The number of allylic oxidation sites excluding steroid dienone is 1. The van der Waals surface area contributed by atoms with Crippen LogP contribution in [-0.4, -0.2) is 17.0 Å². The summed E-state index contributed by atoms with van der Waals surface area (Å²) in [7, 11) is 1.81. The van der Waals surface area contributed by atoms with Crippen LogP contribution >= 0.6 is 0 Å². The van der Waals surface area contributed by atoms with Crippen molar-refractivity contribution in [2.75, 3.05) is 17.7 Å². The number of nitrogens with zero attached hydrogens (tertiary/aromatic N) is 2. The molecule has 0 spiro atoms. The molecule has 0 radical (unpaired) electrons. The van der Waals surface area contributed by atoms with E-state index in [0.29, 0.717) is 5.95 Å². The van der Waals surface area contributed by atoms with Gasteiger partial charge in [-0.2, -0.15) is 4.98 Å². The topological polar surface area (TPSA) is 49.8 Å². The third-order valence-electron chi connectivity index (χ3n) is 3.07. The zero-order chi connectivity index (χ0) is 15.1. The third-order valence-corrected chi connectivity index (χ3v) is 3.07. The molecule has 0 saturated carbocycles. The van der Waals surface area contributed by atoms with Gasteiger partial charge in [0.25, 0.3) is 0 Å². The van der Waals surface area contributed by atoms with Crippen molar-refractivity contribution >= 4 is 23.9 Å². The van der Waals surface area contributed by atoms with Crippen LogP contribution in [0.1, 0.15) is 12.5 Å². The Hall–Kier alpha value is -2.62. The number of hydrogen-bond donors (Lipinski definition) is 2. The van der Waals surface area contributed by atoms with E-state index in [9.17, 15) is 0 Å². The molecule has 2 N–H and O–H groups in total. The minimum atomic E-state index is 0.587. The van der Waals surface area contributed by atoms with Gasteiger partial charge in [-0.15, -0.1) is 0 Å². The van der Waals surface area contributed by atoms with Crippen LogP contribution in [0.2, 0.25) is 0 Å². The minimum Gasteiger partial charge on any atom is -0.365 e. The maximum atomic E-state index is 4.50. The Morgan fingerprint density at radius 2 is 1.95 bits per heavy atom. The Morgan fingerprint density at radius 1 is 1.19 bits per heavy atom. The van der Waals surface area contributed by atoms with E-state index in [0.717, 1.165) is 22.9 Å². The van der Waals surface area contributed by atoms with Crippen LogP contribution in [-0.2, 0) is 6.54 Å². The highest BCUT2D eigenvalue weighted by Crippen LogP contribution is 2.03. The average molecular weight is 280 g/mol. The molecular formula is C17H20N4. The summed E-state index contributed by atoms with van der Waals surface area (Å²) in [6.07, 6.45) is 5.61. The van der Waals surface area contributed by atoms with Gasteiger partial charge >= 0.3 is 0 Å². The summed E-state index contributed by atoms with van der Waals surface area (Å²) < 4.78 is 0. The number of rotatable bonds is 5. The summed E-state index contributed by atoms with van der Waals surface area (Å²) in [5.41, 5.74) is 1.21. The second-order valence-corrected chi connectivity index (χ2v) is 4.47. The van der Waals surface area contributed by atoms with Crippen molar-refractivity contribution in [2.45, 2.75) is 13.5 Å². The molecule has 0 aliphatic rings. The Kier molecular flexibility index (Phi) is 5.10. The Bertz CT molecular complexity index is 720. The van der Waals surface area contributed by atoms with Gasteiger partial charge in [0, 0.05) is 18.8 Å². The lowest BCUT2D eigenvalue weighted by Crippen LogP contribution is -2.33. The predicted octanol–water partition coefficient (Wildman–Crippen LogP) is 1.90. The number of nitrogens with one attached hydrogen (secondary N) is 2. The molecule has 1 heterocycles. The highest BCUT2D eigenvalue weighted by Gasteiger charge is 2.03. The minimum absolute atomic E-state index is 0.587. The van der Waals surface area contributed by atoms with Crippen LogP contribution in [0.4, 0.5) is 11.8 Å². The van der Waals surface area contributed by atoms with Crippen molar-refractivity contribution in [3.63, 3.8) is 0 Å². The van der Waals surface area contributed by atoms with Gasteiger partial charge < -0.3 is 10.6 Å². The SMILES string of the molecule is C=C/C=c1/nc(NC)nc(NCc2ccccc2)/c1=C/C. The lowest BCUT2D eigenvalue weighted by atomic mass is 10.2. The normalized spacial score (nSPS) is 12.3. The van der Waals surface area contributed by atoms with E-state index < -0.39 is 0 Å². The van der Waals surface area contributed by atoms with E-state index in [4.69, 9.17) is 0 Å². The van der Waals surface area contributed by atoms with Gasteiger partial charge in [-0.3, -0.25) is 0 Å². The summed E-state index contributed by atoms with van der Waals surface area (Å²) in [5, 5.41) is 8.19. The van der Waals surface area contributed by atoms with Crippen molar-refractivity contribution < 1.29 is 0 Å². The first-order chi connectivity index (χ1) is 10.3. The van der Waals surface area contributed by atoms with Gasteiger partial charge in [-0.05, 0) is 18.6 Å². The molecule has 0 fully saturated rings. The molecule has 0 saturated heterocycles. The lowest BCUT2D eigenvalue weighted by Gasteiger charge is -2.09. The molecule has 4 nitrogen and oxygen atoms in total. The molecule has 1 aromatic carbocycles. The van der Waals surface area contributed by atoms with E-state index in [-0.39, 0.29) is 0 Å². The summed E-state index contributed by atoms with van der Waals surface area (Å²) >= 11 is 0. The van der Waals surface area contributed by atoms with Crippen molar-refractivity contribution in [3.8, 4) is 0 Å². The molecule has 0 aliphatic carbocycles. The molecule has 2 aromatic rings. The fraction of sp³-hybridized carbons (Fsp3) is 0.176. The molecule has 0 atom stereocenters. The number of aromatic nitrogens is 2. The van der Waals surface area contributed by atoms with Crippen molar-refractivity contribution in [1.82, 2.24) is 9.97 Å². The first-order valence-electron chi connectivity index (χ1n) is 6.91. The quantitative estimate of drug-likeness (QED) is 0.878. The number of hydrogen-bond acceptors (Lipinski definition) is 4. The maximum Gasteiger partial charge on any atom is 0.224 e. The molecule has 0 aliphatic heterocycles. The summed E-state index contributed by atoms with van der Waals surface area (Å²) in [6, 6.07) is 10.2. The van der Waals surface area contributed by atoms with Crippen molar-refractivity contribution in [3.05, 3.63) is 59.1 Å². The first kappa shape index (κ1) is 14.8. The standard InChI is InChI=1S/C17H20N4/c1-4-9-15-14(5-2)16(21-17(18-3)20-15)19-12-13-10-7-6-8-11-13/h4-11H,1,12H2,2-3H3,(H2,18,19,20,21)/b14-5+,15-9+. The molecule has 1 aromatic heterocycles. The van der Waals surface area contributed by atoms with E-state index in [1.807, 2.05) is 44.3 Å². The van der Waals surface area contributed by atoms with Gasteiger partial charge in [-0.25, -0.2) is 4.98 Å². The first-order valence-corrected chi connectivity index (χ1v) is 6.91. The van der Waals surface area contributed by atoms with Gasteiger partial charge in [0.1, 0.15) is 5.82 Å². The van der Waals surface area contributed by atoms with E-state index in [1.54, 1.807) is 6.08 Å². The molecule has 0 unspecified atom stereocenters. The molecule has 4 heteroatoms. The third kappa shape index (κ3) is 3.69. The number of anilines is 2. The van der Waals surface area contributed by atoms with Crippen molar-refractivity contribution in [1.29, 1.82) is 0 Å². The summed E-state index contributed by atoms with van der Waals surface area (Å²) in [5.74, 6) is 1.40. The zero-order valence-electron chi connectivity index (χ0n) is 12.4. The second-order valence-electron chi connectivity index (χ2n) is 4.47. The lowest BCUT2D eigenvalue weighted by molar-refractivity contribution is 1.04. The fourth-order valence-electron chi connectivity index (χ4n) is 2.04. The highest BCUT2D eigenvalue weighted by atomic mass is 15.1. The molecular weight excluding hydrogens is 260 g/mol. The average Bonchev–Trinajstić information content (AvgIpc) is 2.53. The second kappa shape index (κ2) is 7.24. The molecule has 108 valence electrons. The van der Waals surface area contributed by atoms with Crippen LogP contribution in [0.3, 0.4) is 0 Å². The van der Waals surface area contributed by atoms with Crippen LogP contribution in [0, 0.1) is 0 Å². The molecule has 2 rings (SSSR count). The van der Waals surface area contributed by atoms with Gasteiger partial charge in [0.2, 0.25) is 5.95 Å². The molecule has 0 bridgehead atoms. The van der Waals surface area contributed by atoms with Crippen LogP contribution < -0.4 is 21.2 Å². The predicted molar refractivity (Wildman–Crippen MR) is 89.4 cm³/mol. The fourth-order valence-corrected chi connectivity index (χ4v) is 2.04. The smallest absolute Gasteiger partial charge is 0.224 e. The Morgan fingerprint density at radius 3 is 2.57 bits per heavy atom. The summed E-state index contributed by atoms with van der Waals surface area (Å²) in [4.78, 5) is 8.95. The van der Waals surface area contributed by atoms with E-state index in [2.05, 4.69) is 39.3 Å². The monoisotopic (exact) mass is 280 g/mol. The maximum absolute atomic E-state index is 4.50. The zero-order valence-corrected chi connectivity index (χ0v) is 12.4. The van der Waals surface area contributed by atoms with Crippen LogP contribution in [0.5, 0.6) is 0 Å². The van der Waals surface area contributed by atoms with Gasteiger partial charge in [-0.1, -0.05) is 49.1 Å². The van der Waals surface area contributed by atoms with Crippen molar-refractivity contribution in [2.24, 2.45) is 0 Å². The van der Waals surface area contributed by atoms with E-state index in [1.165, 1.54) is 5.56 Å². The van der Waals surface area contributed by atoms with E-state index >= 15 is 0 Å². The van der Waals surface area contributed by atoms with Gasteiger partial charge in [0.15, 0.2) is 0 Å². The Labute approximate surface area is 125 Å². The highest BCUT2D eigenvalue weighted by molar-refractivity contribution is 5.49. The van der Waals surface area contributed by atoms with Crippen LogP contribution in [0.15, 0.2) is 43.0 Å². The Balaban J connectivity index is 2.40. The van der Waals surface area contributed by atoms with Crippen LogP contribution in [0.25, 0.3) is 12.2 Å². The van der Waals surface area contributed by atoms with Gasteiger partial charge in [0.05, 0.1) is 5.35 Å². The number of benzene rings is 1. The molecule has 21 heavy (non-hydrogen) atoms.